The predicted octanol–water partition coefficient (Wildman–Crippen LogP) is 2.44. The van der Waals surface area contributed by atoms with Crippen LogP contribution in [0.4, 0.5) is 0 Å². The van der Waals surface area contributed by atoms with Crippen molar-refractivity contribution in [2.75, 3.05) is 13.1 Å². The highest BCUT2D eigenvalue weighted by molar-refractivity contribution is 6.30. The normalized spacial score (nSPS) is 16.9. The molecule has 1 aliphatic rings. The smallest absolute Gasteiger partial charge is 0.225 e. The molecule has 0 radical (unpaired) electrons. The number of nitrogens with zero attached hydrogens (tertiary/aromatic N) is 2. The van der Waals surface area contributed by atoms with Gasteiger partial charge in [-0.3, -0.25) is 14.6 Å². The molecule has 6 heteroatoms. The topological polar surface area (TPSA) is 62.3 Å². The lowest BCUT2D eigenvalue weighted by Gasteiger charge is -2.16. The van der Waals surface area contributed by atoms with E-state index in [4.69, 9.17) is 11.6 Å². The first-order chi connectivity index (χ1) is 12.1. The van der Waals surface area contributed by atoms with Crippen LogP contribution in [0, 0.1) is 5.92 Å². The van der Waals surface area contributed by atoms with Crippen LogP contribution >= 0.6 is 11.6 Å². The van der Waals surface area contributed by atoms with Crippen LogP contribution < -0.4 is 5.32 Å². The summed E-state index contributed by atoms with van der Waals surface area (Å²) in [5.74, 6) is -0.341. The second-order valence-electron chi connectivity index (χ2n) is 6.21. The first-order valence-corrected chi connectivity index (χ1v) is 8.68. The van der Waals surface area contributed by atoms with Gasteiger partial charge in [-0.1, -0.05) is 29.8 Å². The van der Waals surface area contributed by atoms with Crippen molar-refractivity contribution < 1.29 is 9.59 Å². The van der Waals surface area contributed by atoms with Crippen molar-refractivity contribution in [1.82, 2.24) is 15.2 Å². The summed E-state index contributed by atoms with van der Waals surface area (Å²) in [6, 6.07) is 11.4. The standard InChI is InChI=1S/C19H20ClN3O2/c20-17-5-1-3-14(9-17)6-8-22-19(25)16-10-18(24)23(13-16)12-15-4-2-7-21-11-15/h1-5,7,9,11,16H,6,8,10,12-13H2,(H,22,25). The Kier molecular flexibility index (Phi) is 5.66. The maximum atomic E-state index is 12.3. The third kappa shape index (κ3) is 4.79. The minimum atomic E-state index is -0.288. The number of carbonyl (C=O) groups excluding carboxylic acids is 2. The van der Waals surface area contributed by atoms with Gasteiger partial charge in [0.15, 0.2) is 0 Å². The number of nitrogens with one attached hydrogen (secondary N) is 1. The van der Waals surface area contributed by atoms with E-state index in [1.165, 1.54) is 0 Å². The van der Waals surface area contributed by atoms with Gasteiger partial charge in [0.2, 0.25) is 11.8 Å². The summed E-state index contributed by atoms with van der Waals surface area (Å²) >= 11 is 5.95. The Morgan fingerprint density at radius 1 is 1.28 bits per heavy atom. The first-order valence-electron chi connectivity index (χ1n) is 8.30. The molecule has 0 aliphatic carbocycles. The Morgan fingerprint density at radius 3 is 2.88 bits per heavy atom. The van der Waals surface area contributed by atoms with Crippen LogP contribution in [0.25, 0.3) is 0 Å². The van der Waals surface area contributed by atoms with Gasteiger partial charge in [0.05, 0.1) is 5.92 Å². The SMILES string of the molecule is O=C(NCCc1cccc(Cl)c1)C1CC(=O)N(Cc2cccnc2)C1. The minimum Gasteiger partial charge on any atom is -0.355 e. The molecule has 0 saturated carbocycles. The molecular formula is C19H20ClN3O2. The van der Waals surface area contributed by atoms with Crippen LogP contribution in [0.5, 0.6) is 0 Å². The third-order valence-electron chi connectivity index (χ3n) is 4.28. The number of hydrogen-bond acceptors (Lipinski definition) is 3. The zero-order chi connectivity index (χ0) is 17.6. The molecule has 1 aromatic heterocycles. The minimum absolute atomic E-state index is 0.0128. The number of hydrogen-bond donors (Lipinski definition) is 1. The maximum absolute atomic E-state index is 12.3. The fourth-order valence-electron chi connectivity index (χ4n) is 2.98. The molecule has 0 bridgehead atoms. The van der Waals surface area contributed by atoms with Gasteiger partial charge in [0.1, 0.15) is 0 Å². The van der Waals surface area contributed by atoms with Gasteiger partial charge < -0.3 is 10.2 Å². The van der Waals surface area contributed by atoms with Gasteiger partial charge in [-0.15, -0.1) is 0 Å². The second-order valence-corrected chi connectivity index (χ2v) is 6.64. The molecule has 1 aliphatic heterocycles. The van der Waals surface area contributed by atoms with E-state index < -0.39 is 0 Å². The van der Waals surface area contributed by atoms with E-state index in [1.807, 2.05) is 36.4 Å². The number of aromatic nitrogens is 1. The molecule has 0 spiro atoms. The van der Waals surface area contributed by atoms with Gasteiger partial charge in [-0.25, -0.2) is 0 Å². The van der Waals surface area contributed by atoms with E-state index in [1.54, 1.807) is 17.3 Å². The molecule has 1 atom stereocenters. The molecule has 1 N–H and O–H groups in total. The van der Waals surface area contributed by atoms with Gasteiger partial charge in [-0.2, -0.15) is 0 Å². The average Bonchev–Trinajstić information content (AvgIpc) is 2.97. The number of pyridine rings is 1. The van der Waals surface area contributed by atoms with Crippen molar-refractivity contribution in [2.24, 2.45) is 5.92 Å². The summed E-state index contributed by atoms with van der Waals surface area (Å²) in [5.41, 5.74) is 2.05. The number of carbonyl (C=O) groups is 2. The second kappa shape index (κ2) is 8.12. The highest BCUT2D eigenvalue weighted by atomic mass is 35.5. The van der Waals surface area contributed by atoms with Gasteiger partial charge in [0.25, 0.3) is 0 Å². The fourth-order valence-corrected chi connectivity index (χ4v) is 3.19. The highest BCUT2D eigenvalue weighted by Gasteiger charge is 2.33. The highest BCUT2D eigenvalue weighted by Crippen LogP contribution is 2.20. The lowest BCUT2D eigenvalue weighted by Crippen LogP contribution is -2.34. The molecule has 2 heterocycles. The number of likely N-dealkylation sites (tertiary alicyclic amines) is 1. The molecule has 130 valence electrons. The zero-order valence-electron chi connectivity index (χ0n) is 13.8. The van der Waals surface area contributed by atoms with Crippen LogP contribution in [-0.4, -0.2) is 34.8 Å². The quantitative estimate of drug-likeness (QED) is 0.863. The number of rotatable bonds is 6. The largest absolute Gasteiger partial charge is 0.355 e. The lowest BCUT2D eigenvalue weighted by molar-refractivity contribution is -0.129. The van der Waals surface area contributed by atoms with E-state index >= 15 is 0 Å². The van der Waals surface area contributed by atoms with Crippen LogP contribution in [-0.2, 0) is 22.6 Å². The van der Waals surface area contributed by atoms with Crippen molar-refractivity contribution in [3.63, 3.8) is 0 Å². The van der Waals surface area contributed by atoms with Gasteiger partial charge in [-0.05, 0) is 35.7 Å². The molecule has 1 unspecified atom stereocenters. The van der Waals surface area contributed by atoms with Crippen molar-refractivity contribution in [3.05, 3.63) is 64.9 Å². The molecule has 25 heavy (non-hydrogen) atoms. The van der Waals surface area contributed by atoms with Crippen LogP contribution in [0.3, 0.4) is 0 Å². The summed E-state index contributed by atoms with van der Waals surface area (Å²) in [4.78, 5) is 30.2. The van der Waals surface area contributed by atoms with E-state index in [9.17, 15) is 9.59 Å². The Bertz CT molecular complexity index is 751. The summed E-state index contributed by atoms with van der Waals surface area (Å²) in [6.07, 6.45) is 4.42. The maximum Gasteiger partial charge on any atom is 0.225 e. The zero-order valence-corrected chi connectivity index (χ0v) is 14.6. The monoisotopic (exact) mass is 357 g/mol. The van der Waals surface area contributed by atoms with Gasteiger partial charge in [0, 0.05) is 43.5 Å². The Hall–Kier alpha value is -2.40. The molecule has 5 nitrogen and oxygen atoms in total. The molecule has 1 saturated heterocycles. The van der Waals surface area contributed by atoms with Crippen molar-refractivity contribution in [1.29, 1.82) is 0 Å². The van der Waals surface area contributed by atoms with Crippen molar-refractivity contribution in [3.8, 4) is 0 Å². The Labute approximate surface area is 152 Å². The fraction of sp³-hybridized carbons (Fsp3) is 0.316. The number of amides is 2. The van der Waals surface area contributed by atoms with E-state index in [-0.39, 0.29) is 24.2 Å². The summed E-state index contributed by atoms with van der Waals surface area (Å²) in [7, 11) is 0. The Morgan fingerprint density at radius 2 is 2.12 bits per heavy atom. The lowest BCUT2D eigenvalue weighted by atomic mass is 10.1. The third-order valence-corrected chi connectivity index (χ3v) is 4.52. The summed E-state index contributed by atoms with van der Waals surface area (Å²) in [5, 5.41) is 3.62. The van der Waals surface area contributed by atoms with E-state index in [0.717, 1.165) is 11.1 Å². The van der Waals surface area contributed by atoms with Crippen molar-refractivity contribution in [2.45, 2.75) is 19.4 Å². The summed E-state index contributed by atoms with van der Waals surface area (Å²) in [6.45, 7) is 1.49. The predicted molar refractivity (Wildman–Crippen MR) is 95.9 cm³/mol. The summed E-state index contributed by atoms with van der Waals surface area (Å²) < 4.78 is 0. The molecule has 3 rings (SSSR count). The van der Waals surface area contributed by atoms with Gasteiger partial charge >= 0.3 is 0 Å². The van der Waals surface area contributed by atoms with Crippen LogP contribution in [0.15, 0.2) is 48.8 Å². The van der Waals surface area contributed by atoms with Crippen LogP contribution in [0.1, 0.15) is 17.5 Å². The molecule has 2 aromatic rings. The van der Waals surface area contributed by atoms with Crippen LogP contribution in [0.2, 0.25) is 5.02 Å². The number of halogens is 1. The number of benzene rings is 1. The first kappa shape index (κ1) is 17.4. The molecular weight excluding hydrogens is 338 g/mol. The average molecular weight is 358 g/mol. The molecule has 1 fully saturated rings. The Balaban J connectivity index is 1.47. The van der Waals surface area contributed by atoms with E-state index in [0.29, 0.717) is 31.1 Å². The van der Waals surface area contributed by atoms with E-state index in [2.05, 4.69) is 10.3 Å². The van der Waals surface area contributed by atoms with Crippen molar-refractivity contribution >= 4 is 23.4 Å². The molecule has 2 amide bonds. The molecule has 1 aromatic carbocycles.